The molecule has 1 atom stereocenters. The van der Waals surface area contributed by atoms with E-state index < -0.39 is 6.04 Å². The Hall–Kier alpha value is -3.33. The van der Waals surface area contributed by atoms with Crippen molar-refractivity contribution in [3.63, 3.8) is 0 Å². The van der Waals surface area contributed by atoms with Crippen molar-refractivity contribution in [3.8, 4) is 5.75 Å². The highest BCUT2D eigenvalue weighted by Gasteiger charge is 2.34. The summed E-state index contributed by atoms with van der Waals surface area (Å²) in [5.74, 6) is 1.90. The highest BCUT2D eigenvalue weighted by molar-refractivity contribution is 7.99. The van der Waals surface area contributed by atoms with Gasteiger partial charge in [0.05, 0.1) is 18.4 Å². The van der Waals surface area contributed by atoms with Crippen molar-refractivity contribution in [1.29, 1.82) is 0 Å². The highest BCUT2D eigenvalue weighted by atomic mass is 32.2. The van der Waals surface area contributed by atoms with E-state index in [1.54, 1.807) is 35.9 Å². The second-order valence-electron chi connectivity index (χ2n) is 7.01. The number of ether oxygens (including phenoxy) is 1. The van der Waals surface area contributed by atoms with Gasteiger partial charge in [0.25, 0.3) is 5.91 Å². The summed E-state index contributed by atoms with van der Waals surface area (Å²) in [6.07, 6.45) is 4.46. The first kappa shape index (κ1) is 20.9. The third-order valence-corrected chi connectivity index (χ3v) is 5.93. The molecule has 160 valence electrons. The third kappa shape index (κ3) is 4.27. The number of allylic oxidation sites excluding steroid dienone is 1. The summed E-state index contributed by atoms with van der Waals surface area (Å²) < 4.78 is 7.16. The number of nitrogens with zero attached hydrogens (tertiary/aromatic N) is 4. The number of hydrogen-bond acceptors (Lipinski definition) is 7. The zero-order chi connectivity index (χ0) is 21.8. The maximum absolute atomic E-state index is 13.5. The molecule has 8 nitrogen and oxygen atoms in total. The Bertz CT molecular complexity index is 1110. The number of pyridine rings is 1. The summed E-state index contributed by atoms with van der Waals surface area (Å²) in [6, 6.07) is 10.7. The molecule has 1 unspecified atom stereocenters. The zero-order valence-corrected chi connectivity index (χ0v) is 18.4. The number of methoxy groups -OCH3 is 1. The largest absolute Gasteiger partial charge is 0.495 e. The minimum atomic E-state index is -0.433. The lowest BCUT2D eigenvalue weighted by atomic mass is 9.96. The van der Waals surface area contributed by atoms with Crippen LogP contribution in [-0.4, -0.2) is 38.5 Å². The first-order chi connectivity index (χ1) is 15.1. The minimum Gasteiger partial charge on any atom is -0.495 e. The van der Waals surface area contributed by atoms with E-state index in [9.17, 15) is 4.79 Å². The molecule has 0 spiro atoms. The molecule has 0 saturated carbocycles. The van der Waals surface area contributed by atoms with Crippen LogP contribution in [0.4, 0.5) is 11.6 Å². The molecule has 3 aromatic rings. The fourth-order valence-corrected chi connectivity index (χ4v) is 4.15. The molecule has 0 aliphatic carbocycles. The SMILES string of the molecule is CCCSc1nc2n(n1)C(c1ccncc1)C(C(=O)Nc1ccccc1OC)=C(C)N2. The lowest BCUT2D eigenvalue weighted by molar-refractivity contribution is -0.113. The van der Waals surface area contributed by atoms with Crippen molar-refractivity contribution in [3.05, 3.63) is 65.6 Å². The van der Waals surface area contributed by atoms with E-state index in [-0.39, 0.29) is 5.91 Å². The Morgan fingerprint density at radius 1 is 1.26 bits per heavy atom. The number of para-hydroxylation sites is 2. The highest BCUT2D eigenvalue weighted by Crippen LogP contribution is 2.37. The average Bonchev–Trinajstić information content (AvgIpc) is 3.19. The molecule has 1 aromatic carbocycles. The Balaban J connectivity index is 1.74. The van der Waals surface area contributed by atoms with E-state index in [0.717, 1.165) is 23.4 Å². The van der Waals surface area contributed by atoms with Gasteiger partial charge < -0.3 is 15.4 Å². The van der Waals surface area contributed by atoms with Crippen LogP contribution in [-0.2, 0) is 4.79 Å². The number of anilines is 2. The number of amides is 1. The molecule has 1 amide bonds. The van der Waals surface area contributed by atoms with E-state index >= 15 is 0 Å². The molecule has 1 aliphatic rings. The predicted octanol–water partition coefficient (Wildman–Crippen LogP) is 4.11. The van der Waals surface area contributed by atoms with E-state index in [1.807, 2.05) is 43.3 Å². The fraction of sp³-hybridized carbons (Fsp3) is 0.273. The molecule has 1 aliphatic heterocycles. The van der Waals surface area contributed by atoms with Gasteiger partial charge >= 0.3 is 0 Å². The van der Waals surface area contributed by atoms with Crippen LogP contribution in [0.15, 0.2) is 65.2 Å². The molecule has 2 N–H and O–H groups in total. The standard InChI is InChI=1S/C22H24N6O2S/c1-4-13-31-22-26-21-24-14(2)18(19(28(21)27-22)15-9-11-23-12-10-15)20(29)25-16-7-5-6-8-17(16)30-3/h5-12,19H,4,13H2,1-3H3,(H,25,29)(H,24,26,27). The lowest BCUT2D eigenvalue weighted by Crippen LogP contribution is -2.31. The van der Waals surface area contributed by atoms with Gasteiger partial charge in [-0.3, -0.25) is 9.78 Å². The van der Waals surface area contributed by atoms with E-state index in [4.69, 9.17) is 9.84 Å². The van der Waals surface area contributed by atoms with Crippen molar-refractivity contribution >= 4 is 29.3 Å². The Morgan fingerprint density at radius 3 is 2.77 bits per heavy atom. The maximum Gasteiger partial charge on any atom is 0.255 e. The van der Waals surface area contributed by atoms with Gasteiger partial charge in [0, 0.05) is 23.8 Å². The van der Waals surface area contributed by atoms with E-state index in [0.29, 0.717) is 28.1 Å². The van der Waals surface area contributed by atoms with Gasteiger partial charge in [-0.15, -0.1) is 5.10 Å². The maximum atomic E-state index is 13.5. The van der Waals surface area contributed by atoms with Gasteiger partial charge in [0.1, 0.15) is 11.8 Å². The smallest absolute Gasteiger partial charge is 0.255 e. The molecule has 2 aromatic heterocycles. The number of hydrogen-bond donors (Lipinski definition) is 2. The van der Waals surface area contributed by atoms with E-state index in [1.165, 1.54) is 0 Å². The molecule has 0 radical (unpaired) electrons. The molecule has 9 heteroatoms. The summed E-state index contributed by atoms with van der Waals surface area (Å²) in [6.45, 7) is 4.00. The molecule has 0 bridgehead atoms. The molecule has 0 saturated heterocycles. The van der Waals surface area contributed by atoms with Crippen molar-refractivity contribution in [2.24, 2.45) is 0 Å². The van der Waals surface area contributed by atoms with Crippen LogP contribution in [0.5, 0.6) is 5.75 Å². The number of thioether (sulfide) groups is 1. The average molecular weight is 437 g/mol. The lowest BCUT2D eigenvalue weighted by Gasteiger charge is -2.28. The molecule has 4 rings (SSSR count). The summed E-state index contributed by atoms with van der Waals surface area (Å²) in [5, 5.41) is 11.6. The van der Waals surface area contributed by atoms with Gasteiger partial charge in [0.2, 0.25) is 11.1 Å². The molecule has 3 heterocycles. The van der Waals surface area contributed by atoms with Crippen molar-refractivity contribution in [1.82, 2.24) is 19.7 Å². The Kier molecular flexibility index (Phi) is 6.22. The monoisotopic (exact) mass is 436 g/mol. The quantitative estimate of drug-likeness (QED) is 0.538. The predicted molar refractivity (Wildman–Crippen MR) is 121 cm³/mol. The summed E-state index contributed by atoms with van der Waals surface area (Å²) in [7, 11) is 1.58. The van der Waals surface area contributed by atoms with Crippen LogP contribution < -0.4 is 15.4 Å². The first-order valence-corrected chi connectivity index (χ1v) is 11.0. The van der Waals surface area contributed by atoms with Gasteiger partial charge in [-0.25, -0.2) is 4.68 Å². The number of fused-ring (bicyclic) bond motifs is 1. The Morgan fingerprint density at radius 2 is 2.03 bits per heavy atom. The fourth-order valence-electron chi connectivity index (χ4n) is 3.47. The summed E-state index contributed by atoms with van der Waals surface area (Å²) in [4.78, 5) is 22.2. The molecular formula is C22H24N6O2S. The number of nitrogens with one attached hydrogen (secondary N) is 2. The number of benzene rings is 1. The van der Waals surface area contributed by atoms with Crippen molar-refractivity contribution in [2.75, 3.05) is 23.5 Å². The first-order valence-electron chi connectivity index (χ1n) is 10.0. The topological polar surface area (TPSA) is 94.0 Å². The van der Waals surface area contributed by atoms with Crippen LogP contribution in [0.3, 0.4) is 0 Å². The van der Waals surface area contributed by atoms with Crippen molar-refractivity contribution in [2.45, 2.75) is 31.5 Å². The zero-order valence-electron chi connectivity index (χ0n) is 17.6. The molecular weight excluding hydrogens is 412 g/mol. The van der Waals surface area contributed by atoms with E-state index in [2.05, 4.69) is 27.5 Å². The van der Waals surface area contributed by atoms with Gasteiger partial charge in [-0.05, 0) is 43.2 Å². The van der Waals surface area contributed by atoms with Gasteiger partial charge in [-0.1, -0.05) is 30.8 Å². The van der Waals surface area contributed by atoms with Crippen LogP contribution >= 0.6 is 11.8 Å². The number of aromatic nitrogens is 4. The van der Waals surface area contributed by atoms with Crippen LogP contribution in [0.1, 0.15) is 31.9 Å². The summed E-state index contributed by atoms with van der Waals surface area (Å²) >= 11 is 1.60. The Labute approximate surface area is 185 Å². The van der Waals surface area contributed by atoms with Gasteiger partial charge in [-0.2, -0.15) is 4.98 Å². The van der Waals surface area contributed by atoms with Crippen LogP contribution in [0.2, 0.25) is 0 Å². The second-order valence-corrected chi connectivity index (χ2v) is 8.07. The normalized spacial score (nSPS) is 15.3. The second kappa shape index (κ2) is 9.22. The molecule has 31 heavy (non-hydrogen) atoms. The van der Waals surface area contributed by atoms with Crippen LogP contribution in [0, 0.1) is 0 Å². The van der Waals surface area contributed by atoms with Gasteiger partial charge in [0.15, 0.2) is 0 Å². The number of carbonyl (C=O) groups is 1. The number of rotatable bonds is 7. The summed E-state index contributed by atoms with van der Waals surface area (Å²) in [5.41, 5.74) is 2.79. The van der Waals surface area contributed by atoms with Crippen molar-refractivity contribution < 1.29 is 9.53 Å². The third-order valence-electron chi connectivity index (χ3n) is 4.89. The van der Waals surface area contributed by atoms with Crippen LogP contribution in [0.25, 0.3) is 0 Å². The minimum absolute atomic E-state index is 0.236. The molecule has 0 fully saturated rings. The number of carbonyl (C=O) groups excluding carboxylic acids is 1.